The summed E-state index contributed by atoms with van der Waals surface area (Å²) in [7, 11) is 2.08. The number of aliphatic hydroxyl groups excluding tert-OH is 1. The van der Waals surface area contributed by atoms with Crippen LogP contribution in [0.2, 0.25) is 0 Å². The number of likely N-dealkylation sites (tertiary alicyclic amines) is 1. The van der Waals surface area contributed by atoms with Gasteiger partial charge in [-0.15, -0.1) is 13.2 Å². The summed E-state index contributed by atoms with van der Waals surface area (Å²) < 4.78 is 40.8. The molecule has 1 aliphatic rings. The number of ether oxygens (including phenoxy) is 1. The molecule has 1 aromatic rings. The van der Waals surface area contributed by atoms with E-state index in [0.29, 0.717) is 12.6 Å². The summed E-state index contributed by atoms with van der Waals surface area (Å²) in [6.45, 7) is 3.55. The van der Waals surface area contributed by atoms with Crippen molar-refractivity contribution in [3.63, 3.8) is 0 Å². The lowest BCUT2D eigenvalue weighted by molar-refractivity contribution is -0.274. The zero-order valence-electron chi connectivity index (χ0n) is 13.9. The number of halogens is 3. The van der Waals surface area contributed by atoms with E-state index in [1.807, 2.05) is 6.07 Å². The average Bonchev–Trinajstić information content (AvgIpc) is 2.52. The maximum Gasteiger partial charge on any atom is 0.573 e. The minimum Gasteiger partial charge on any atom is -0.406 e. The Morgan fingerprint density at radius 3 is 2.62 bits per heavy atom. The second kappa shape index (κ2) is 8.69. The standard InChI is InChI=1S/C17H25F3N2O2/c1-21(8-3-11-23)15-6-9-22(10-7-15)13-14-4-2-5-16(12-14)24-17(18,19)20/h2,4-5,12,15,23H,3,6-11,13H2,1H3. The highest BCUT2D eigenvalue weighted by Crippen LogP contribution is 2.24. The quantitative estimate of drug-likeness (QED) is 0.824. The second-order valence-corrected chi connectivity index (χ2v) is 6.26. The van der Waals surface area contributed by atoms with Gasteiger partial charge in [0.2, 0.25) is 0 Å². The Hall–Kier alpha value is -1.31. The molecule has 1 fully saturated rings. The van der Waals surface area contributed by atoms with Crippen LogP contribution in [0.4, 0.5) is 13.2 Å². The monoisotopic (exact) mass is 346 g/mol. The molecule has 1 aliphatic heterocycles. The van der Waals surface area contributed by atoms with Crippen LogP contribution in [0, 0.1) is 0 Å². The van der Waals surface area contributed by atoms with E-state index >= 15 is 0 Å². The van der Waals surface area contributed by atoms with Gasteiger partial charge in [-0.2, -0.15) is 0 Å². The van der Waals surface area contributed by atoms with Crippen molar-refractivity contribution in [2.45, 2.75) is 38.2 Å². The highest BCUT2D eigenvalue weighted by molar-refractivity contribution is 5.28. The molecule has 4 nitrogen and oxygen atoms in total. The molecule has 0 bridgehead atoms. The number of aliphatic hydroxyl groups is 1. The number of rotatable bonds is 7. The molecule has 24 heavy (non-hydrogen) atoms. The Morgan fingerprint density at radius 1 is 1.29 bits per heavy atom. The van der Waals surface area contributed by atoms with E-state index in [4.69, 9.17) is 5.11 Å². The lowest BCUT2D eigenvalue weighted by atomic mass is 10.0. The molecule has 0 unspecified atom stereocenters. The Balaban J connectivity index is 1.82. The molecule has 0 amide bonds. The Bertz CT molecular complexity index is 503. The van der Waals surface area contributed by atoms with Crippen LogP contribution in [-0.2, 0) is 6.54 Å². The highest BCUT2D eigenvalue weighted by Gasteiger charge is 2.31. The summed E-state index contributed by atoms with van der Waals surface area (Å²) in [5.74, 6) is -0.168. The molecular weight excluding hydrogens is 321 g/mol. The smallest absolute Gasteiger partial charge is 0.406 e. The lowest BCUT2D eigenvalue weighted by Crippen LogP contribution is -2.43. The van der Waals surface area contributed by atoms with Gasteiger partial charge in [-0.25, -0.2) is 0 Å². The van der Waals surface area contributed by atoms with Crippen LogP contribution in [-0.4, -0.2) is 60.6 Å². The lowest BCUT2D eigenvalue weighted by Gasteiger charge is -2.36. The topological polar surface area (TPSA) is 35.9 Å². The van der Waals surface area contributed by atoms with E-state index in [-0.39, 0.29) is 12.4 Å². The third-order valence-electron chi connectivity index (χ3n) is 4.39. The van der Waals surface area contributed by atoms with Crippen molar-refractivity contribution in [2.75, 3.05) is 33.3 Å². The van der Waals surface area contributed by atoms with Crippen LogP contribution in [0.3, 0.4) is 0 Å². The van der Waals surface area contributed by atoms with Crippen LogP contribution < -0.4 is 4.74 Å². The van der Waals surface area contributed by atoms with Gasteiger partial charge in [-0.3, -0.25) is 4.90 Å². The van der Waals surface area contributed by atoms with Crippen molar-refractivity contribution in [1.82, 2.24) is 9.80 Å². The van der Waals surface area contributed by atoms with Crippen molar-refractivity contribution < 1.29 is 23.0 Å². The van der Waals surface area contributed by atoms with Crippen molar-refractivity contribution in [3.05, 3.63) is 29.8 Å². The van der Waals surface area contributed by atoms with Crippen LogP contribution in [0.1, 0.15) is 24.8 Å². The van der Waals surface area contributed by atoms with Crippen molar-refractivity contribution >= 4 is 0 Å². The predicted molar refractivity (Wildman–Crippen MR) is 85.8 cm³/mol. The average molecular weight is 346 g/mol. The largest absolute Gasteiger partial charge is 0.573 e. The minimum absolute atomic E-state index is 0.168. The molecule has 0 spiro atoms. The zero-order chi connectivity index (χ0) is 17.6. The maximum absolute atomic E-state index is 12.3. The van der Waals surface area contributed by atoms with Crippen molar-refractivity contribution in [1.29, 1.82) is 0 Å². The van der Waals surface area contributed by atoms with E-state index in [0.717, 1.165) is 44.5 Å². The molecular formula is C17H25F3N2O2. The first kappa shape index (κ1) is 19.0. The van der Waals surface area contributed by atoms with Gasteiger partial charge in [0.15, 0.2) is 0 Å². The Kier molecular flexibility index (Phi) is 6.89. The van der Waals surface area contributed by atoms with E-state index in [1.165, 1.54) is 12.1 Å². The molecule has 1 saturated heterocycles. The normalized spacial score (nSPS) is 17.4. The summed E-state index contributed by atoms with van der Waals surface area (Å²) in [5.41, 5.74) is 0.823. The van der Waals surface area contributed by atoms with Gasteiger partial charge in [-0.1, -0.05) is 12.1 Å². The van der Waals surface area contributed by atoms with Crippen LogP contribution in [0.25, 0.3) is 0 Å². The van der Waals surface area contributed by atoms with Gasteiger partial charge in [-0.05, 0) is 57.1 Å². The predicted octanol–water partition coefficient (Wildman–Crippen LogP) is 2.86. The number of hydrogen-bond acceptors (Lipinski definition) is 4. The third kappa shape index (κ3) is 6.30. The maximum atomic E-state index is 12.3. The highest BCUT2D eigenvalue weighted by atomic mass is 19.4. The zero-order valence-corrected chi connectivity index (χ0v) is 13.9. The molecule has 0 atom stereocenters. The molecule has 1 N–H and O–H groups in total. The van der Waals surface area contributed by atoms with E-state index in [1.54, 1.807) is 6.07 Å². The first-order chi connectivity index (χ1) is 11.4. The number of hydrogen-bond donors (Lipinski definition) is 1. The summed E-state index contributed by atoms with van der Waals surface area (Å²) in [6.07, 6.45) is -1.82. The number of alkyl halides is 3. The Labute approximate surface area is 140 Å². The van der Waals surface area contributed by atoms with E-state index < -0.39 is 6.36 Å². The molecule has 7 heteroatoms. The molecule has 136 valence electrons. The van der Waals surface area contributed by atoms with Crippen LogP contribution in [0.15, 0.2) is 24.3 Å². The second-order valence-electron chi connectivity index (χ2n) is 6.26. The van der Waals surface area contributed by atoms with E-state index in [2.05, 4.69) is 21.6 Å². The number of benzene rings is 1. The van der Waals surface area contributed by atoms with Crippen LogP contribution >= 0.6 is 0 Å². The Morgan fingerprint density at radius 2 is 2.00 bits per heavy atom. The molecule has 0 radical (unpaired) electrons. The summed E-state index contributed by atoms with van der Waals surface area (Å²) in [5, 5.41) is 8.90. The molecule has 0 aromatic heterocycles. The van der Waals surface area contributed by atoms with Gasteiger partial charge in [0.05, 0.1) is 0 Å². The molecule has 1 aromatic carbocycles. The number of piperidine rings is 1. The SMILES string of the molecule is CN(CCCO)C1CCN(Cc2cccc(OC(F)(F)F)c2)CC1. The van der Waals surface area contributed by atoms with Gasteiger partial charge in [0.1, 0.15) is 5.75 Å². The minimum atomic E-state index is -4.66. The van der Waals surface area contributed by atoms with Crippen molar-refractivity contribution in [2.24, 2.45) is 0 Å². The summed E-state index contributed by atoms with van der Waals surface area (Å²) in [4.78, 5) is 4.54. The van der Waals surface area contributed by atoms with Crippen molar-refractivity contribution in [3.8, 4) is 5.75 Å². The summed E-state index contributed by atoms with van der Waals surface area (Å²) in [6, 6.07) is 6.69. The first-order valence-corrected chi connectivity index (χ1v) is 8.25. The number of nitrogens with zero attached hydrogens (tertiary/aromatic N) is 2. The molecule has 0 aliphatic carbocycles. The van der Waals surface area contributed by atoms with Crippen LogP contribution in [0.5, 0.6) is 5.75 Å². The van der Waals surface area contributed by atoms with Gasteiger partial charge in [0.25, 0.3) is 0 Å². The third-order valence-corrected chi connectivity index (χ3v) is 4.39. The van der Waals surface area contributed by atoms with Gasteiger partial charge in [0, 0.05) is 25.7 Å². The molecule has 1 heterocycles. The van der Waals surface area contributed by atoms with Gasteiger partial charge >= 0.3 is 6.36 Å². The summed E-state index contributed by atoms with van der Waals surface area (Å²) >= 11 is 0. The fourth-order valence-corrected chi connectivity index (χ4v) is 3.12. The fourth-order valence-electron chi connectivity index (χ4n) is 3.12. The van der Waals surface area contributed by atoms with Gasteiger partial charge < -0.3 is 14.7 Å². The molecule has 0 saturated carbocycles. The van der Waals surface area contributed by atoms with E-state index in [9.17, 15) is 13.2 Å². The fraction of sp³-hybridized carbons (Fsp3) is 0.647. The molecule has 2 rings (SSSR count). The first-order valence-electron chi connectivity index (χ1n) is 8.25.